The number of para-hydroxylation sites is 1. The average molecular weight is 332 g/mol. The summed E-state index contributed by atoms with van der Waals surface area (Å²) in [5.41, 5.74) is 0.421. The molecule has 1 aromatic carbocycles. The second-order valence-electron chi connectivity index (χ2n) is 5.64. The lowest BCUT2D eigenvalue weighted by atomic mass is 10.0. The van der Waals surface area contributed by atoms with Crippen LogP contribution in [0.25, 0.3) is 5.57 Å². The Morgan fingerprint density at radius 2 is 1.83 bits per heavy atom. The molecule has 2 amide bonds. The molecule has 0 bridgehead atoms. The van der Waals surface area contributed by atoms with Crippen molar-refractivity contribution in [1.82, 2.24) is 9.80 Å². The van der Waals surface area contributed by atoms with Gasteiger partial charge in [0.2, 0.25) is 0 Å². The minimum Gasteiger partial charge on any atom is -0.502 e. The molecule has 3 rings (SSSR count). The number of aliphatic hydroxyl groups is 1. The highest BCUT2D eigenvalue weighted by Crippen LogP contribution is 2.33. The molecule has 0 radical (unpaired) electrons. The summed E-state index contributed by atoms with van der Waals surface area (Å²) in [6.45, 7) is 3.65. The van der Waals surface area contributed by atoms with Crippen LogP contribution in [0.1, 0.15) is 5.56 Å². The first-order valence-electron chi connectivity index (χ1n) is 7.86. The number of morpholine rings is 1. The standard InChI is InChI=1S/C17H20N2O5/c1-23-13-5-3-2-4-12(13)14-15(20)17(22)19(16(14)21)7-6-18-8-10-24-11-9-18/h2-5,20H,6-11H2,1H3. The fraction of sp³-hybridized carbons (Fsp3) is 0.412. The minimum atomic E-state index is -0.658. The number of hydrogen-bond acceptors (Lipinski definition) is 6. The zero-order valence-electron chi connectivity index (χ0n) is 13.5. The number of imide groups is 1. The van der Waals surface area contributed by atoms with Crippen molar-refractivity contribution >= 4 is 17.4 Å². The maximum atomic E-state index is 12.7. The van der Waals surface area contributed by atoms with Crippen LogP contribution < -0.4 is 4.74 Å². The van der Waals surface area contributed by atoms with Crippen molar-refractivity contribution in [3.05, 3.63) is 35.6 Å². The van der Waals surface area contributed by atoms with Gasteiger partial charge >= 0.3 is 0 Å². The largest absolute Gasteiger partial charge is 0.502 e. The lowest BCUT2D eigenvalue weighted by Crippen LogP contribution is -2.43. The van der Waals surface area contributed by atoms with Gasteiger partial charge < -0.3 is 14.6 Å². The molecule has 0 spiro atoms. The molecule has 7 heteroatoms. The first-order valence-corrected chi connectivity index (χ1v) is 7.86. The summed E-state index contributed by atoms with van der Waals surface area (Å²) in [4.78, 5) is 28.2. The number of carbonyl (C=O) groups is 2. The van der Waals surface area contributed by atoms with Gasteiger partial charge in [-0.05, 0) is 6.07 Å². The van der Waals surface area contributed by atoms with Crippen molar-refractivity contribution in [1.29, 1.82) is 0 Å². The van der Waals surface area contributed by atoms with Gasteiger partial charge in [0.05, 0.1) is 25.9 Å². The predicted molar refractivity (Wildman–Crippen MR) is 86.5 cm³/mol. The SMILES string of the molecule is COc1ccccc1C1=C(O)C(=O)N(CCN2CCOCC2)C1=O. The van der Waals surface area contributed by atoms with Crippen molar-refractivity contribution in [2.24, 2.45) is 0 Å². The average Bonchev–Trinajstić information content (AvgIpc) is 2.83. The second-order valence-corrected chi connectivity index (χ2v) is 5.64. The molecule has 0 aliphatic carbocycles. The van der Waals surface area contributed by atoms with Crippen LogP contribution >= 0.6 is 0 Å². The van der Waals surface area contributed by atoms with Crippen molar-refractivity contribution in [3.8, 4) is 5.75 Å². The molecule has 7 nitrogen and oxygen atoms in total. The van der Waals surface area contributed by atoms with E-state index in [0.29, 0.717) is 31.1 Å². The van der Waals surface area contributed by atoms with Gasteiger partial charge in [-0.3, -0.25) is 19.4 Å². The topological polar surface area (TPSA) is 79.3 Å². The number of benzene rings is 1. The van der Waals surface area contributed by atoms with Crippen LogP contribution in [-0.4, -0.2) is 73.2 Å². The van der Waals surface area contributed by atoms with Crippen LogP contribution in [0.15, 0.2) is 30.0 Å². The fourth-order valence-electron chi connectivity index (χ4n) is 2.93. The Bertz CT molecular complexity index is 679. The molecule has 0 saturated carbocycles. The quantitative estimate of drug-likeness (QED) is 0.798. The molecule has 1 saturated heterocycles. The number of ether oxygens (including phenoxy) is 2. The molecule has 1 aromatic rings. The van der Waals surface area contributed by atoms with Gasteiger partial charge in [0.15, 0.2) is 5.76 Å². The van der Waals surface area contributed by atoms with Gasteiger partial charge in [0.1, 0.15) is 5.75 Å². The lowest BCUT2D eigenvalue weighted by molar-refractivity contribution is -0.138. The van der Waals surface area contributed by atoms with Crippen molar-refractivity contribution in [3.63, 3.8) is 0 Å². The Hall–Kier alpha value is -2.38. The Kier molecular flexibility index (Phi) is 4.82. The molecule has 24 heavy (non-hydrogen) atoms. The summed E-state index contributed by atoms with van der Waals surface area (Å²) in [5.74, 6) is -1.23. The summed E-state index contributed by atoms with van der Waals surface area (Å²) in [7, 11) is 1.48. The van der Waals surface area contributed by atoms with Crippen molar-refractivity contribution in [2.45, 2.75) is 0 Å². The van der Waals surface area contributed by atoms with Crippen LogP contribution in [0.4, 0.5) is 0 Å². The van der Waals surface area contributed by atoms with E-state index in [9.17, 15) is 14.7 Å². The predicted octanol–water partition coefficient (Wildman–Crippen LogP) is 0.665. The Labute approximate surface area is 140 Å². The third-order valence-corrected chi connectivity index (χ3v) is 4.26. The number of aliphatic hydroxyl groups excluding tert-OH is 1. The highest BCUT2D eigenvalue weighted by molar-refractivity contribution is 6.35. The Balaban J connectivity index is 1.77. The normalized spacial score (nSPS) is 19.3. The van der Waals surface area contributed by atoms with Crippen LogP contribution in [-0.2, 0) is 14.3 Å². The van der Waals surface area contributed by atoms with Gasteiger partial charge in [-0.2, -0.15) is 0 Å². The molecule has 0 aromatic heterocycles. The molecule has 0 unspecified atom stereocenters. The Morgan fingerprint density at radius 3 is 2.54 bits per heavy atom. The van der Waals surface area contributed by atoms with E-state index in [2.05, 4.69) is 4.90 Å². The van der Waals surface area contributed by atoms with E-state index >= 15 is 0 Å². The highest BCUT2D eigenvalue weighted by atomic mass is 16.5. The van der Waals surface area contributed by atoms with Crippen molar-refractivity contribution in [2.75, 3.05) is 46.5 Å². The van der Waals surface area contributed by atoms with E-state index in [-0.39, 0.29) is 12.1 Å². The van der Waals surface area contributed by atoms with Crippen molar-refractivity contribution < 1.29 is 24.2 Å². The molecule has 1 N–H and O–H groups in total. The number of amides is 2. The highest BCUT2D eigenvalue weighted by Gasteiger charge is 2.40. The number of carbonyl (C=O) groups excluding carboxylic acids is 2. The van der Waals surface area contributed by atoms with E-state index in [0.717, 1.165) is 18.0 Å². The lowest BCUT2D eigenvalue weighted by Gasteiger charge is -2.28. The van der Waals surface area contributed by atoms with Gasteiger partial charge in [0, 0.05) is 31.7 Å². The number of methoxy groups -OCH3 is 1. The monoisotopic (exact) mass is 332 g/mol. The third kappa shape index (κ3) is 3.00. The number of rotatable bonds is 5. The molecular weight excluding hydrogens is 312 g/mol. The van der Waals surface area contributed by atoms with Gasteiger partial charge in [-0.1, -0.05) is 18.2 Å². The van der Waals surface area contributed by atoms with Crippen LogP contribution in [0.3, 0.4) is 0 Å². The van der Waals surface area contributed by atoms with Crippen LogP contribution in [0.5, 0.6) is 5.75 Å². The molecule has 128 valence electrons. The van der Waals surface area contributed by atoms with Gasteiger partial charge in [-0.15, -0.1) is 0 Å². The fourth-order valence-corrected chi connectivity index (χ4v) is 2.93. The number of nitrogens with zero attached hydrogens (tertiary/aromatic N) is 2. The van der Waals surface area contributed by atoms with Gasteiger partial charge in [-0.25, -0.2) is 0 Å². The summed E-state index contributed by atoms with van der Waals surface area (Å²) >= 11 is 0. The van der Waals surface area contributed by atoms with E-state index in [4.69, 9.17) is 9.47 Å². The Morgan fingerprint density at radius 1 is 1.12 bits per heavy atom. The van der Waals surface area contributed by atoms with E-state index < -0.39 is 17.6 Å². The minimum absolute atomic E-state index is 0.000530. The maximum absolute atomic E-state index is 12.7. The molecular formula is C17H20N2O5. The molecule has 2 aliphatic heterocycles. The summed E-state index contributed by atoms with van der Waals surface area (Å²) in [5, 5.41) is 10.2. The van der Waals surface area contributed by atoms with E-state index in [1.54, 1.807) is 24.3 Å². The third-order valence-electron chi connectivity index (χ3n) is 4.26. The maximum Gasteiger partial charge on any atom is 0.296 e. The number of hydrogen-bond donors (Lipinski definition) is 1. The summed E-state index contributed by atoms with van der Waals surface area (Å²) in [6, 6.07) is 6.83. The zero-order valence-corrected chi connectivity index (χ0v) is 13.5. The van der Waals surface area contributed by atoms with Crippen LogP contribution in [0.2, 0.25) is 0 Å². The smallest absolute Gasteiger partial charge is 0.296 e. The van der Waals surface area contributed by atoms with E-state index in [1.807, 2.05) is 0 Å². The molecule has 1 fully saturated rings. The molecule has 2 heterocycles. The second kappa shape index (κ2) is 7.02. The van der Waals surface area contributed by atoms with E-state index in [1.165, 1.54) is 7.11 Å². The first-order chi connectivity index (χ1) is 11.6. The molecule has 0 atom stereocenters. The summed E-state index contributed by atoms with van der Waals surface area (Å²) in [6.07, 6.45) is 0. The summed E-state index contributed by atoms with van der Waals surface area (Å²) < 4.78 is 10.5. The van der Waals surface area contributed by atoms with Crippen LogP contribution in [0, 0.1) is 0 Å². The van der Waals surface area contributed by atoms with Gasteiger partial charge in [0.25, 0.3) is 11.8 Å². The first kappa shape index (κ1) is 16.5. The molecule has 2 aliphatic rings. The zero-order chi connectivity index (χ0) is 17.1.